The smallest absolute Gasteiger partial charge is 0.187 e. The van der Waals surface area contributed by atoms with Crippen LogP contribution in [-0.4, -0.2) is 20.0 Å². The first-order valence-electron chi connectivity index (χ1n) is 5.80. The van der Waals surface area contributed by atoms with Gasteiger partial charge in [0.25, 0.3) is 0 Å². The number of aryl methyl sites for hydroxylation is 1. The molecule has 3 nitrogen and oxygen atoms in total. The van der Waals surface area contributed by atoms with E-state index < -0.39 is 15.6 Å². The van der Waals surface area contributed by atoms with E-state index in [-0.39, 0.29) is 11.5 Å². The largest absolute Gasteiger partial charge is 0.292 e. The second kappa shape index (κ2) is 5.67. The summed E-state index contributed by atoms with van der Waals surface area (Å²) in [5.74, 6) is -0.847. The summed E-state index contributed by atoms with van der Waals surface area (Å²) < 4.78 is 23.9. The normalized spacial score (nSPS) is 11.4. The molecule has 5 heteroatoms. The predicted octanol–water partition coefficient (Wildman–Crippen LogP) is 2.85. The number of rotatable bonds is 5. The van der Waals surface area contributed by atoms with Crippen molar-refractivity contribution in [2.24, 2.45) is 0 Å². The van der Waals surface area contributed by atoms with E-state index in [1.54, 1.807) is 30.3 Å². The summed E-state index contributed by atoms with van der Waals surface area (Å²) in [6.45, 7) is 1.89. The molecule has 0 bridgehead atoms. The maximum atomic E-state index is 12.0. The number of ketones is 1. The van der Waals surface area contributed by atoms with Crippen molar-refractivity contribution in [2.45, 2.75) is 12.7 Å². The van der Waals surface area contributed by atoms with E-state index in [0.29, 0.717) is 10.4 Å². The average Bonchev–Trinajstić information content (AvgIpc) is 2.76. The third-order valence-electron chi connectivity index (χ3n) is 2.60. The molecule has 0 amide bonds. The van der Waals surface area contributed by atoms with E-state index in [0.717, 1.165) is 4.88 Å². The van der Waals surface area contributed by atoms with Gasteiger partial charge in [0.2, 0.25) is 0 Å². The quantitative estimate of drug-likeness (QED) is 0.797. The Hall–Kier alpha value is -1.46. The van der Waals surface area contributed by atoms with Crippen molar-refractivity contribution >= 4 is 27.0 Å². The van der Waals surface area contributed by atoms with Gasteiger partial charge in [0.15, 0.2) is 15.6 Å². The van der Waals surface area contributed by atoms with E-state index in [1.165, 1.54) is 11.3 Å². The van der Waals surface area contributed by atoms with Crippen LogP contribution in [0.2, 0.25) is 0 Å². The van der Waals surface area contributed by atoms with E-state index in [2.05, 4.69) is 0 Å². The van der Waals surface area contributed by atoms with E-state index in [9.17, 15) is 13.2 Å². The van der Waals surface area contributed by atoms with Crippen molar-refractivity contribution in [1.29, 1.82) is 0 Å². The van der Waals surface area contributed by atoms with Crippen molar-refractivity contribution in [3.05, 3.63) is 57.8 Å². The lowest BCUT2D eigenvalue weighted by atomic mass is 10.2. The first-order valence-corrected chi connectivity index (χ1v) is 8.44. The zero-order valence-corrected chi connectivity index (χ0v) is 12.1. The summed E-state index contributed by atoms with van der Waals surface area (Å²) >= 11 is 1.33. The number of Topliss-reactive ketones (excluding diaryl/α,β-unsaturated/α-hetero) is 1. The molecule has 0 saturated carbocycles. The van der Waals surface area contributed by atoms with Crippen LogP contribution in [0, 0.1) is 6.92 Å². The van der Waals surface area contributed by atoms with Gasteiger partial charge in [-0.25, -0.2) is 8.42 Å². The molecule has 0 saturated heterocycles. The number of sulfone groups is 1. The Balaban J connectivity index is 2.07. The fraction of sp³-hybridized carbons (Fsp3) is 0.214. The lowest BCUT2D eigenvalue weighted by Gasteiger charge is -2.03. The zero-order chi connectivity index (χ0) is 13.9. The number of hydrogen-bond donors (Lipinski definition) is 0. The van der Waals surface area contributed by atoms with Crippen LogP contribution >= 0.6 is 11.3 Å². The van der Waals surface area contributed by atoms with Crippen LogP contribution in [0.15, 0.2) is 42.5 Å². The number of benzene rings is 1. The van der Waals surface area contributed by atoms with Crippen molar-refractivity contribution in [2.75, 3.05) is 5.75 Å². The van der Waals surface area contributed by atoms with Crippen LogP contribution in [0.5, 0.6) is 0 Å². The molecule has 0 radical (unpaired) electrons. The predicted molar refractivity (Wildman–Crippen MR) is 77.3 cm³/mol. The van der Waals surface area contributed by atoms with Crippen LogP contribution in [-0.2, 0) is 15.6 Å². The highest BCUT2D eigenvalue weighted by atomic mass is 32.2. The van der Waals surface area contributed by atoms with Gasteiger partial charge in [0.05, 0.1) is 10.6 Å². The lowest BCUT2D eigenvalue weighted by molar-refractivity contribution is 0.102. The van der Waals surface area contributed by atoms with Crippen LogP contribution in [0.25, 0.3) is 0 Å². The minimum Gasteiger partial charge on any atom is -0.292 e. The van der Waals surface area contributed by atoms with Gasteiger partial charge in [-0.3, -0.25) is 4.79 Å². The Morgan fingerprint density at radius 3 is 2.37 bits per heavy atom. The third kappa shape index (κ3) is 4.01. The highest BCUT2D eigenvalue weighted by molar-refractivity contribution is 7.91. The van der Waals surface area contributed by atoms with Gasteiger partial charge in [-0.05, 0) is 24.6 Å². The van der Waals surface area contributed by atoms with Gasteiger partial charge in [-0.15, -0.1) is 11.3 Å². The van der Waals surface area contributed by atoms with E-state index in [1.807, 2.05) is 19.1 Å². The molecular weight excluding hydrogens is 280 g/mol. The molecule has 1 aromatic heterocycles. The lowest BCUT2D eigenvalue weighted by Crippen LogP contribution is -2.17. The Morgan fingerprint density at radius 1 is 1.11 bits per heavy atom. The first-order chi connectivity index (χ1) is 8.96. The summed E-state index contributed by atoms with van der Waals surface area (Å²) in [5, 5.41) is 0. The van der Waals surface area contributed by atoms with Crippen LogP contribution in [0.3, 0.4) is 0 Å². The number of hydrogen-bond acceptors (Lipinski definition) is 4. The molecule has 100 valence electrons. The molecule has 19 heavy (non-hydrogen) atoms. The topological polar surface area (TPSA) is 51.2 Å². The minimum absolute atomic E-state index is 0.0933. The van der Waals surface area contributed by atoms with Crippen LogP contribution < -0.4 is 0 Å². The van der Waals surface area contributed by atoms with Gasteiger partial charge in [0.1, 0.15) is 5.75 Å². The molecule has 2 aromatic rings. The zero-order valence-electron chi connectivity index (χ0n) is 10.5. The highest BCUT2D eigenvalue weighted by Gasteiger charge is 2.19. The average molecular weight is 294 g/mol. The van der Waals surface area contributed by atoms with Gasteiger partial charge in [0, 0.05) is 4.88 Å². The van der Waals surface area contributed by atoms with Gasteiger partial charge in [-0.2, -0.15) is 0 Å². The monoisotopic (exact) mass is 294 g/mol. The summed E-state index contributed by atoms with van der Waals surface area (Å²) in [6.07, 6.45) is 0. The Morgan fingerprint density at radius 2 is 1.79 bits per heavy atom. The van der Waals surface area contributed by atoms with Gasteiger partial charge in [-0.1, -0.05) is 30.3 Å². The molecule has 1 aromatic carbocycles. The van der Waals surface area contributed by atoms with E-state index in [4.69, 9.17) is 0 Å². The van der Waals surface area contributed by atoms with E-state index >= 15 is 0 Å². The molecule has 0 aliphatic heterocycles. The Bertz CT molecular complexity index is 670. The first kappa shape index (κ1) is 14.0. The molecule has 0 aliphatic rings. The number of carbonyl (C=O) groups excluding carboxylic acids is 1. The molecule has 0 aliphatic carbocycles. The SMILES string of the molecule is Cc1ccc(C(=O)CS(=O)(=O)Cc2ccccc2)s1. The number of carbonyl (C=O) groups is 1. The summed E-state index contributed by atoms with van der Waals surface area (Å²) in [4.78, 5) is 13.4. The maximum absolute atomic E-state index is 12.0. The molecule has 0 spiro atoms. The van der Waals surface area contributed by atoms with Crippen molar-refractivity contribution in [3.63, 3.8) is 0 Å². The van der Waals surface area contributed by atoms with Crippen LogP contribution in [0.4, 0.5) is 0 Å². The second-order valence-corrected chi connectivity index (χ2v) is 7.70. The summed E-state index contributed by atoms with van der Waals surface area (Å²) in [6, 6.07) is 12.4. The van der Waals surface area contributed by atoms with Gasteiger partial charge < -0.3 is 0 Å². The molecule has 0 fully saturated rings. The fourth-order valence-corrected chi connectivity index (χ4v) is 3.99. The molecule has 2 rings (SSSR count). The van der Waals surface area contributed by atoms with Crippen molar-refractivity contribution in [1.82, 2.24) is 0 Å². The van der Waals surface area contributed by atoms with Crippen molar-refractivity contribution < 1.29 is 13.2 Å². The Labute approximate surface area is 116 Å². The van der Waals surface area contributed by atoms with Crippen molar-refractivity contribution in [3.8, 4) is 0 Å². The molecule has 0 unspecified atom stereocenters. The highest BCUT2D eigenvalue weighted by Crippen LogP contribution is 2.17. The summed E-state index contributed by atoms with van der Waals surface area (Å²) in [5.41, 5.74) is 0.706. The molecule has 1 heterocycles. The number of thiophene rings is 1. The Kier molecular flexibility index (Phi) is 4.17. The summed E-state index contributed by atoms with van der Waals surface area (Å²) in [7, 11) is -3.42. The second-order valence-electron chi connectivity index (χ2n) is 4.35. The fourth-order valence-electron chi connectivity index (χ4n) is 1.73. The maximum Gasteiger partial charge on any atom is 0.187 e. The molecule has 0 atom stereocenters. The third-order valence-corrected chi connectivity index (χ3v) is 5.11. The van der Waals surface area contributed by atoms with Gasteiger partial charge >= 0.3 is 0 Å². The molecular formula is C14H14O3S2. The van der Waals surface area contributed by atoms with Crippen LogP contribution in [0.1, 0.15) is 20.1 Å². The molecule has 0 N–H and O–H groups in total. The standard InChI is InChI=1S/C14H14O3S2/c1-11-7-8-14(18-11)13(15)10-19(16,17)9-12-5-3-2-4-6-12/h2-8H,9-10H2,1H3. The minimum atomic E-state index is -3.42.